The van der Waals surface area contributed by atoms with Crippen LogP contribution in [0.2, 0.25) is 5.15 Å². The molecule has 19 heavy (non-hydrogen) atoms. The van der Waals surface area contributed by atoms with E-state index in [-0.39, 0.29) is 28.9 Å². The van der Waals surface area contributed by atoms with E-state index in [1.807, 2.05) is 0 Å². The quantitative estimate of drug-likeness (QED) is 0.706. The second kappa shape index (κ2) is 5.73. The summed E-state index contributed by atoms with van der Waals surface area (Å²) in [6.45, 7) is 1.15. The third-order valence-electron chi connectivity index (χ3n) is 3.15. The Morgan fingerprint density at radius 3 is 2.95 bits per heavy atom. The highest BCUT2D eigenvalue weighted by Gasteiger charge is 2.30. The molecule has 0 bridgehead atoms. The number of nitrogens with one attached hydrogen (secondary N) is 1. The minimum atomic E-state index is -0.917. The van der Waals surface area contributed by atoms with Gasteiger partial charge in [0.25, 0.3) is 5.91 Å². The molecule has 1 aliphatic heterocycles. The van der Waals surface area contributed by atoms with Crippen molar-refractivity contribution < 1.29 is 14.6 Å². The van der Waals surface area contributed by atoms with Crippen LogP contribution in [0, 0.1) is 0 Å². The monoisotopic (exact) mass is 285 g/mol. The minimum Gasteiger partial charge on any atom is -0.397 e. The van der Waals surface area contributed by atoms with Gasteiger partial charge in [0.05, 0.1) is 23.0 Å². The first kappa shape index (κ1) is 14.0. The topological polar surface area (TPSA) is 97.5 Å². The van der Waals surface area contributed by atoms with Gasteiger partial charge in [-0.15, -0.1) is 0 Å². The van der Waals surface area contributed by atoms with Gasteiger partial charge in [-0.1, -0.05) is 11.6 Å². The Morgan fingerprint density at radius 2 is 2.26 bits per heavy atom. The molecule has 0 saturated carbocycles. The Bertz CT molecular complexity index is 475. The van der Waals surface area contributed by atoms with E-state index in [4.69, 9.17) is 22.1 Å². The molecule has 104 valence electrons. The predicted molar refractivity (Wildman–Crippen MR) is 71.0 cm³/mol. The van der Waals surface area contributed by atoms with Crippen molar-refractivity contribution in [2.45, 2.75) is 18.4 Å². The fraction of sp³-hybridized carbons (Fsp3) is 0.500. The van der Waals surface area contributed by atoms with Crippen molar-refractivity contribution >= 4 is 23.2 Å². The maximum absolute atomic E-state index is 12.0. The first-order valence-electron chi connectivity index (χ1n) is 5.99. The average molecular weight is 286 g/mol. The van der Waals surface area contributed by atoms with Crippen LogP contribution in [0.4, 0.5) is 5.69 Å². The van der Waals surface area contributed by atoms with Gasteiger partial charge in [-0.2, -0.15) is 0 Å². The van der Waals surface area contributed by atoms with Gasteiger partial charge >= 0.3 is 0 Å². The summed E-state index contributed by atoms with van der Waals surface area (Å²) in [6.07, 6.45) is 2.33. The number of amides is 1. The van der Waals surface area contributed by atoms with Gasteiger partial charge in [0.15, 0.2) is 0 Å². The van der Waals surface area contributed by atoms with Crippen LogP contribution in [0.5, 0.6) is 0 Å². The van der Waals surface area contributed by atoms with Crippen molar-refractivity contribution in [3.8, 4) is 0 Å². The Kier molecular flexibility index (Phi) is 4.24. The van der Waals surface area contributed by atoms with E-state index < -0.39 is 5.60 Å². The fourth-order valence-electron chi connectivity index (χ4n) is 1.91. The third kappa shape index (κ3) is 3.56. The maximum atomic E-state index is 12.0. The van der Waals surface area contributed by atoms with Gasteiger partial charge in [-0.25, -0.2) is 4.98 Å². The number of carbonyl (C=O) groups excluding carboxylic acids is 1. The molecule has 0 atom stereocenters. The van der Waals surface area contributed by atoms with Gasteiger partial charge in [0.2, 0.25) is 0 Å². The lowest BCUT2D eigenvalue weighted by molar-refractivity contribution is -0.0605. The zero-order valence-electron chi connectivity index (χ0n) is 10.4. The van der Waals surface area contributed by atoms with Crippen LogP contribution >= 0.6 is 11.6 Å². The molecular weight excluding hydrogens is 270 g/mol. The first-order valence-corrected chi connectivity index (χ1v) is 6.37. The molecule has 0 aliphatic carbocycles. The van der Waals surface area contributed by atoms with Crippen LogP contribution in [0.1, 0.15) is 23.2 Å². The number of aliphatic hydroxyl groups is 1. The predicted octanol–water partition coefficient (Wildman–Crippen LogP) is 0.589. The number of nitrogens with two attached hydrogens (primary N) is 1. The largest absolute Gasteiger partial charge is 0.397 e. The number of aromatic nitrogens is 1. The number of nitrogens with zero attached hydrogens (tertiary/aromatic N) is 1. The lowest BCUT2D eigenvalue weighted by Crippen LogP contribution is -2.46. The number of rotatable bonds is 3. The number of nitrogen functional groups attached to an aromatic ring is 1. The van der Waals surface area contributed by atoms with Crippen molar-refractivity contribution in [3.05, 3.63) is 23.0 Å². The molecule has 7 heteroatoms. The van der Waals surface area contributed by atoms with Gasteiger partial charge in [-0.3, -0.25) is 4.79 Å². The number of ether oxygens (including phenoxy) is 1. The molecule has 2 heterocycles. The summed E-state index contributed by atoms with van der Waals surface area (Å²) < 4.78 is 5.17. The van der Waals surface area contributed by atoms with Crippen LogP contribution in [0.25, 0.3) is 0 Å². The first-order chi connectivity index (χ1) is 9.00. The van der Waals surface area contributed by atoms with Crippen molar-refractivity contribution in [1.82, 2.24) is 10.3 Å². The lowest BCUT2D eigenvalue weighted by Gasteiger charge is -2.32. The van der Waals surface area contributed by atoms with Crippen molar-refractivity contribution in [3.63, 3.8) is 0 Å². The maximum Gasteiger partial charge on any atom is 0.253 e. The molecular formula is C12H16ClN3O3. The van der Waals surface area contributed by atoms with Crippen LogP contribution in [0.3, 0.4) is 0 Å². The SMILES string of the molecule is Nc1cnc(Cl)cc1C(=O)NCC1(O)CCOCC1. The van der Waals surface area contributed by atoms with Crippen LogP contribution in [-0.2, 0) is 4.74 Å². The summed E-state index contributed by atoms with van der Waals surface area (Å²) in [4.78, 5) is 15.8. The smallest absolute Gasteiger partial charge is 0.253 e. The van der Waals surface area contributed by atoms with Gasteiger partial charge in [-0.05, 0) is 6.07 Å². The summed E-state index contributed by atoms with van der Waals surface area (Å²) in [7, 11) is 0. The highest BCUT2D eigenvalue weighted by Crippen LogP contribution is 2.20. The summed E-state index contributed by atoms with van der Waals surface area (Å²) in [5, 5.41) is 13.1. The number of anilines is 1. The van der Waals surface area contributed by atoms with Crippen molar-refractivity contribution in [1.29, 1.82) is 0 Å². The molecule has 2 rings (SSSR count). The van der Waals surface area contributed by atoms with Crippen LogP contribution < -0.4 is 11.1 Å². The molecule has 0 spiro atoms. The number of halogens is 1. The molecule has 6 nitrogen and oxygen atoms in total. The standard InChI is InChI=1S/C12H16ClN3O3/c13-10-5-8(9(14)6-15-10)11(17)16-7-12(18)1-3-19-4-2-12/h5-6,18H,1-4,7,14H2,(H,16,17). The van der Waals surface area contributed by atoms with Gasteiger partial charge < -0.3 is 20.9 Å². The van der Waals surface area contributed by atoms with E-state index >= 15 is 0 Å². The molecule has 0 unspecified atom stereocenters. The highest BCUT2D eigenvalue weighted by molar-refractivity contribution is 6.29. The normalized spacial score (nSPS) is 18.0. The molecule has 1 amide bonds. The fourth-order valence-corrected chi connectivity index (χ4v) is 2.06. The highest BCUT2D eigenvalue weighted by atomic mass is 35.5. The lowest BCUT2D eigenvalue weighted by atomic mass is 9.94. The van der Waals surface area contributed by atoms with Gasteiger partial charge in [0.1, 0.15) is 5.15 Å². The molecule has 1 aromatic heterocycles. The zero-order chi connectivity index (χ0) is 13.9. The number of pyridine rings is 1. The number of hydrogen-bond acceptors (Lipinski definition) is 5. The second-order valence-corrected chi connectivity index (χ2v) is 5.00. The van der Waals surface area contributed by atoms with E-state index in [0.29, 0.717) is 26.1 Å². The van der Waals surface area contributed by atoms with Gasteiger partial charge in [0, 0.05) is 32.6 Å². The summed E-state index contributed by atoms with van der Waals surface area (Å²) in [6, 6.07) is 1.40. The molecule has 1 aromatic rings. The van der Waals surface area contributed by atoms with E-state index in [2.05, 4.69) is 10.3 Å². The van der Waals surface area contributed by atoms with E-state index in [9.17, 15) is 9.90 Å². The summed E-state index contributed by atoms with van der Waals surface area (Å²) >= 11 is 5.72. The Labute approximate surface area is 115 Å². The van der Waals surface area contributed by atoms with Crippen LogP contribution in [0.15, 0.2) is 12.3 Å². The second-order valence-electron chi connectivity index (χ2n) is 4.61. The Hall–Kier alpha value is -1.37. The molecule has 1 aliphatic rings. The minimum absolute atomic E-state index is 0.161. The molecule has 0 aromatic carbocycles. The number of hydrogen-bond donors (Lipinski definition) is 3. The van der Waals surface area contributed by atoms with E-state index in [0.717, 1.165) is 0 Å². The Balaban J connectivity index is 1.99. The van der Waals surface area contributed by atoms with E-state index in [1.54, 1.807) is 0 Å². The van der Waals surface area contributed by atoms with E-state index in [1.165, 1.54) is 12.3 Å². The zero-order valence-corrected chi connectivity index (χ0v) is 11.1. The Morgan fingerprint density at radius 1 is 1.58 bits per heavy atom. The average Bonchev–Trinajstić information content (AvgIpc) is 2.40. The molecule has 1 fully saturated rings. The molecule has 0 radical (unpaired) electrons. The third-order valence-corrected chi connectivity index (χ3v) is 3.35. The summed E-state index contributed by atoms with van der Waals surface area (Å²) in [5.41, 5.74) is 5.26. The van der Waals surface area contributed by atoms with Crippen molar-refractivity contribution in [2.75, 3.05) is 25.5 Å². The van der Waals surface area contributed by atoms with Crippen LogP contribution in [-0.4, -0.2) is 41.4 Å². The molecule has 1 saturated heterocycles. The van der Waals surface area contributed by atoms with Crippen molar-refractivity contribution in [2.24, 2.45) is 0 Å². The summed E-state index contributed by atoms with van der Waals surface area (Å²) in [5.74, 6) is -0.373. The number of carbonyl (C=O) groups is 1. The molecule has 4 N–H and O–H groups in total.